The number of fused-ring (bicyclic) bond motifs is 2. The standard InChI is InChI=1S/C25H28BrN7O2/c1-24(2,35)19-8-5-14-11-16(6-7-18(14)30-19)33-21-17(20(26)32-33)13-28-23(31-21)29-15-9-10-25(3,12-15)22(34)27-4/h5-8,11,13,15,35H,9-10,12H2,1-4H3,(H,27,34)(H,28,29,31)/t15-,25?/m1/s1. The summed E-state index contributed by atoms with van der Waals surface area (Å²) in [5, 5.41) is 22.8. The molecule has 1 amide bonds. The van der Waals surface area contributed by atoms with E-state index in [0.717, 1.165) is 41.2 Å². The van der Waals surface area contributed by atoms with Gasteiger partial charge in [-0.1, -0.05) is 13.0 Å². The first-order valence-corrected chi connectivity index (χ1v) is 12.4. The molecule has 1 saturated carbocycles. The molecule has 2 atom stereocenters. The molecule has 35 heavy (non-hydrogen) atoms. The Morgan fingerprint density at radius 3 is 2.80 bits per heavy atom. The van der Waals surface area contributed by atoms with Crippen LogP contribution in [0.3, 0.4) is 0 Å². The number of hydrogen-bond donors (Lipinski definition) is 3. The van der Waals surface area contributed by atoms with Crippen molar-refractivity contribution in [3.8, 4) is 5.69 Å². The zero-order valence-corrected chi connectivity index (χ0v) is 21.7. The number of nitrogens with zero attached hydrogens (tertiary/aromatic N) is 5. The van der Waals surface area contributed by atoms with Gasteiger partial charge in [-0.3, -0.25) is 4.79 Å². The molecule has 1 aliphatic rings. The van der Waals surface area contributed by atoms with Gasteiger partial charge in [0, 0.05) is 30.1 Å². The summed E-state index contributed by atoms with van der Waals surface area (Å²) in [6.07, 6.45) is 4.17. The molecule has 0 aliphatic heterocycles. The number of carbonyl (C=O) groups is 1. The fraction of sp³-hybridized carbons (Fsp3) is 0.400. The Hall–Kier alpha value is -3.11. The number of nitrogens with one attached hydrogen (secondary N) is 2. The van der Waals surface area contributed by atoms with Gasteiger partial charge in [0.15, 0.2) is 5.65 Å². The fourth-order valence-electron chi connectivity index (χ4n) is 4.76. The quantitative estimate of drug-likeness (QED) is 0.351. The van der Waals surface area contributed by atoms with E-state index in [0.29, 0.717) is 21.9 Å². The van der Waals surface area contributed by atoms with Gasteiger partial charge < -0.3 is 15.7 Å². The number of aliphatic hydroxyl groups is 1. The lowest BCUT2D eigenvalue weighted by molar-refractivity contribution is -0.129. The van der Waals surface area contributed by atoms with Crippen molar-refractivity contribution in [2.75, 3.05) is 12.4 Å². The van der Waals surface area contributed by atoms with E-state index >= 15 is 0 Å². The van der Waals surface area contributed by atoms with Gasteiger partial charge in [-0.15, -0.1) is 0 Å². The van der Waals surface area contributed by atoms with Crippen molar-refractivity contribution in [3.05, 3.63) is 46.8 Å². The van der Waals surface area contributed by atoms with Crippen LogP contribution in [0.5, 0.6) is 0 Å². The molecule has 0 saturated heterocycles. The highest BCUT2D eigenvalue weighted by molar-refractivity contribution is 9.10. The number of carbonyl (C=O) groups excluding carboxylic acids is 1. The summed E-state index contributed by atoms with van der Waals surface area (Å²) in [7, 11) is 1.68. The van der Waals surface area contributed by atoms with Crippen molar-refractivity contribution >= 4 is 49.7 Å². The summed E-state index contributed by atoms with van der Waals surface area (Å²) in [4.78, 5) is 26.1. The number of hydrogen-bond acceptors (Lipinski definition) is 7. The second-order valence-corrected chi connectivity index (χ2v) is 10.7. The summed E-state index contributed by atoms with van der Waals surface area (Å²) in [6.45, 7) is 5.45. The van der Waals surface area contributed by atoms with Crippen LogP contribution in [0.4, 0.5) is 5.95 Å². The molecule has 0 radical (unpaired) electrons. The molecular formula is C25H28BrN7O2. The highest BCUT2D eigenvalue weighted by Gasteiger charge is 2.41. The Balaban J connectivity index is 1.47. The second kappa shape index (κ2) is 8.53. The van der Waals surface area contributed by atoms with Crippen LogP contribution in [-0.2, 0) is 10.4 Å². The van der Waals surface area contributed by atoms with E-state index in [1.54, 1.807) is 31.8 Å². The maximum atomic E-state index is 12.3. The Bertz CT molecular complexity index is 1450. The molecule has 10 heteroatoms. The van der Waals surface area contributed by atoms with E-state index < -0.39 is 5.60 Å². The molecule has 1 fully saturated rings. The number of amides is 1. The molecule has 0 spiro atoms. The lowest BCUT2D eigenvalue weighted by Crippen LogP contribution is -2.35. The topological polar surface area (TPSA) is 118 Å². The Labute approximate surface area is 211 Å². The van der Waals surface area contributed by atoms with E-state index in [1.807, 2.05) is 37.3 Å². The summed E-state index contributed by atoms with van der Waals surface area (Å²) in [6, 6.07) is 9.75. The van der Waals surface area contributed by atoms with Gasteiger partial charge >= 0.3 is 0 Å². The number of rotatable bonds is 5. The first kappa shape index (κ1) is 23.6. The molecule has 1 aromatic carbocycles. The van der Waals surface area contributed by atoms with E-state index in [9.17, 15) is 9.90 Å². The first-order chi connectivity index (χ1) is 16.6. The van der Waals surface area contributed by atoms with E-state index in [2.05, 4.69) is 41.6 Å². The van der Waals surface area contributed by atoms with Gasteiger partial charge in [-0.05, 0) is 73.3 Å². The van der Waals surface area contributed by atoms with Crippen molar-refractivity contribution in [1.29, 1.82) is 0 Å². The summed E-state index contributed by atoms with van der Waals surface area (Å²) >= 11 is 3.53. The number of aromatic nitrogens is 5. The predicted octanol–water partition coefficient (Wildman–Crippen LogP) is 4.07. The van der Waals surface area contributed by atoms with Crippen LogP contribution in [0.25, 0.3) is 27.6 Å². The van der Waals surface area contributed by atoms with Gasteiger partial charge in [0.2, 0.25) is 11.9 Å². The van der Waals surface area contributed by atoms with Crippen molar-refractivity contribution < 1.29 is 9.90 Å². The third-order valence-corrected chi connectivity index (χ3v) is 7.36. The molecule has 4 aromatic rings. The third kappa shape index (κ3) is 4.36. The number of anilines is 1. The molecule has 3 aromatic heterocycles. The van der Waals surface area contributed by atoms with Crippen molar-refractivity contribution in [1.82, 2.24) is 30.0 Å². The molecule has 3 N–H and O–H groups in total. The van der Waals surface area contributed by atoms with Crippen LogP contribution in [0.1, 0.15) is 45.7 Å². The van der Waals surface area contributed by atoms with Crippen LogP contribution in [0.15, 0.2) is 41.1 Å². The smallest absolute Gasteiger partial charge is 0.225 e. The van der Waals surface area contributed by atoms with Crippen LogP contribution >= 0.6 is 15.9 Å². The zero-order chi connectivity index (χ0) is 25.0. The van der Waals surface area contributed by atoms with E-state index in [-0.39, 0.29) is 17.4 Å². The number of pyridine rings is 1. The molecule has 1 aliphatic carbocycles. The molecule has 3 heterocycles. The van der Waals surface area contributed by atoms with Crippen molar-refractivity contribution in [3.63, 3.8) is 0 Å². The van der Waals surface area contributed by atoms with E-state index in [4.69, 9.17) is 4.98 Å². The largest absolute Gasteiger partial charge is 0.384 e. The van der Waals surface area contributed by atoms with Crippen LogP contribution in [-0.4, -0.2) is 48.8 Å². The number of benzene rings is 1. The van der Waals surface area contributed by atoms with Crippen LogP contribution in [0, 0.1) is 5.41 Å². The Kier molecular flexibility index (Phi) is 5.76. The maximum absolute atomic E-state index is 12.3. The van der Waals surface area contributed by atoms with Gasteiger partial charge in [0.05, 0.1) is 22.3 Å². The summed E-state index contributed by atoms with van der Waals surface area (Å²) in [5.74, 6) is 0.579. The van der Waals surface area contributed by atoms with Crippen molar-refractivity contribution in [2.24, 2.45) is 5.41 Å². The summed E-state index contributed by atoms with van der Waals surface area (Å²) in [5.41, 5.74) is 1.53. The minimum absolute atomic E-state index is 0.0700. The maximum Gasteiger partial charge on any atom is 0.225 e. The van der Waals surface area contributed by atoms with Gasteiger partial charge in [0.25, 0.3) is 0 Å². The fourth-order valence-corrected chi connectivity index (χ4v) is 5.20. The molecule has 9 nitrogen and oxygen atoms in total. The first-order valence-electron chi connectivity index (χ1n) is 11.6. The molecule has 182 valence electrons. The average molecular weight is 538 g/mol. The Morgan fingerprint density at radius 2 is 2.06 bits per heavy atom. The minimum atomic E-state index is -1.01. The predicted molar refractivity (Wildman–Crippen MR) is 138 cm³/mol. The SMILES string of the molecule is CNC(=O)C1(C)CC[C@@H](Nc2ncc3c(Br)nn(-c4ccc5nc(C(C)(C)O)ccc5c4)c3n2)C1. The molecular weight excluding hydrogens is 510 g/mol. The lowest BCUT2D eigenvalue weighted by Gasteiger charge is -2.22. The normalized spacial score (nSPS) is 20.5. The highest BCUT2D eigenvalue weighted by Crippen LogP contribution is 2.39. The van der Waals surface area contributed by atoms with Gasteiger partial charge in [-0.25, -0.2) is 14.6 Å². The lowest BCUT2D eigenvalue weighted by atomic mass is 9.87. The summed E-state index contributed by atoms with van der Waals surface area (Å²) < 4.78 is 2.43. The zero-order valence-electron chi connectivity index (χ0n) is 20.1. The van der Waals surface area contributed by atoms with E-state index in [1.165, 1.54) is 0 Å². The van der Waals surface area contributed by atoms with Crippen LogP contribution in [0.2, 0.25) is 0 Å². The number of halogens is 1. The van der Waals surface area contributed by atoms with Crippen molar-refractivity contribution in [2.45, 2.75) is 51.7 Å². The van der Waals surface area contributed by atoms with Crippen LogP contribution < -0.4 is 10.6 Å². The minimum Gasteiger partial charge on any atom is -0.384 e. The molecule has 0 bridgehead atoms. The average Bonchev–Trinajstić information content (AvgIpc) is 3.37. The third-order valence-electron chi connectivity index (χ3n) is 6.77. The second-order valence-electron chi connectivity index (χ2n) is 9.99. The Morgan fingerprint density at radius 1 is 1.26 bits per heavy atom. The van der Waals surface area contributed by atoms with Gasteiger partial charge in [-0.2, -0.15) is 10.1 Å². The monoisotopic (exact) mass is 537 g/mol. The van der Waals surface area contributed by atoms with Gasteiger partial charge in [0.1, 0.15) is 10.2 Å². The molecule has 5 rings (SSSR count). The molecule has 1 unspecified atom stereocenters. The highest BCUT2D eigenvalue weighted by atomic mass is 79.9.